The molecule has 6 heteroatoms. The number of anilines is 1. The van der Waals surface area contributed by atoms with Crippen molar-refractivity contribution in [2.24, 2.45) is 0 Å². The van der Waals surface area contributed by atoms with E-state index in [1.807, 2.05) is 47.1 Å². The maximum atomic E-state index is 13.3. The molecular weight excluding hydrogens is 412 g/mol. The normalized spacial score (nSPS) is 13.0. The highest BCUT2D eigenvalue weighted by molar-refractivity contribution is 5.81. The van der Waals surface area contributed by atoms with E-state index in [9.17, 15) is 9.59 Å². The van der Waals surface area contributed by atoms with Crippen molar-refractivity contribution in [2.45, 2.75) is 46.7 Å². The van der Waals surface area contributed by atoms with E-state index < -0.39 is 0 Å². The van der Waals surface area contributed by atoms with Crippen molar-refractivity contribution in [2.75, 3.05) is 44.6 Å². The fourth-order valence-corrected chi connectivity index (χ4v) is 4.39. The van der Waals surface area contributed by atoms with Gasteiger partial charge in [0, 0.05) is 44.8 Å². The van der Waals surface area contributed by atoms with E-state index in [0.29, 0.717) is 26.1 Å². The molecule has 0 aliphatic carbocycles. The van der Waals surface area contributed by atoms with Gasteiger partial charge in [0.25, 0.3) is 0 Å². The SMILES string of the molecule is CCC(=O)N1CCc2c(cccc2NCC(=O)N(CCN(CC)CC)Cc2ccccc2)C1. The third-order valence-electron chi connectivity index (χ3n) is 6.50. The summed E-state index contributed by atoms with van der Waals surface area (Å²) in [6, 6.07) is 16.3. The Morgan fingerprint density at radius 3 is 2.42 bits per heavy atom. The number of nitrogens with zero attached hydrogens (tertiary/aromatic N) is 3. The number of benzene rings is 2. The number of hydrogen-bond acceptors (Lipinski definition) is 4. The standard InChI is InChI=1S/C27H38N4O2/c1-4-26(32)30-16-15-24-23(21-30)13-10-14-25(24)28-19-27(33)31(18-17-29(5-2)6-3)20-22-11-8-7-9-12-22/h7-14,28H,4-6,15-21H2,1-3H3. The second-order valence-electron chi connectivity index (χ2n) is 8.54. The van der Waals surface area contributed by atoms with Gasteiger partial charge in [0.15, 0.2) is 0 Å². The molecule has 3 rings (SSSR count). The number of likely N-dealkylation sites (N-methyl/N-ethyl adjacent to an activating group) is 1. The van der Waals surface area contributed by atoms with Gasteiger partial charge in [0.2, 0.25) is 11.8 Å². The van der Waals surface area contributed by atoms with Crippen LogP contribution >= 0.6 is 0 Å². The molecule has 1 heterocycles. The van der Waals surface area contributed by atoms with Crippen LogP contribution in [0.3, 0.4) is 0 Å². The lowest BCUT2D eigenvalue weighted by Crippen LogP contribution is -2.41. The summed E-state index contributed by atoms with van der Waals surface area (Å²) >= 11 is 0. The zero-order valence-electron chi connectivity index (χ0n) is 20.3. The summed E-state index contributed by atoms with van der Waals surface area (Å²) in [5.41, 5.74) is 4.54. The molecule has 1 aliphatic rings. The van der Waals surface area contributed by atoms with Crippen LogP contribution in [-0.4, -0.2) is 65.8 Å². The zero-order chi connectivity index (χ0) is 23.6. The number of carbonyl (C=O) groups is 2. The molecule has 33 heavy (non-hydrogen) atoms. The lowest BCUT2D eigenvalue weighted by atomic mass is 9.97. The topological polar surface area (TPSA) is 55.9 Å². The van der Waals surface area contributed by atoms with Crippen molar-refractivity contribution in [3.8, 4) is 0 Å². The monoisotopic (exact) mass is 450 g/mol. The molecule has 0 fully saturated rings. The van der Waals surface area contributed by atoms with Crippen LogP contribution in [0.5, 0.6) is 0 Å². The van der Waals surface area contributed by atoms with Gasteiger partial charge in [-0.25, -0.2) is 0 Å². The zero-order valence-corrected chi connectivity index (χ0v) is 20.3. The summed E-state index contributed by atoms with van der Waals surface area (Å²) in [6.07, 6.45) is 1.35. The third kappa shape index (κ3) is 6.81. The van der Waals surface area contributed by atoms with Crippen LogP contribution in [0.15, 0.2) is 48.5 Å². The molecule has 2 aromatic rings. The summed E-state index contributed by atoms with van der Waals surface area (Å²) in [7, 11) is 0. The van der Waals surface area contributed by atoms with Crippen LogP contribution in [-0.2, 0) is 29.1 Å². The number of amides is 2. The Bertz CT molecular complexity index is 912. The number of rotatable bonds is 11. The van der Waals surface area contributed by atoms with Gasteiger partial charge >= 0.3 is 0 Å². The van der Waals surface area contributed by atoms with Gasteiger partial charge in [0.05, 0.1) is 6.54 Å². The second kappa shape index (κ2) is 12.4. The minimum atomic E-state index is 0.0993. The highest BCUT2D eigenvalue weighted by atomic mass is 16.2. The van der Waals surface area contributed by atoms with Gasteiger partial charge in [0.1, 0.15) is 0 Å². The van der Waals surface area contributed by atoms with E-state index in [1.165, 1.54) is 11.1 Å². The van der Waals surface area contributed by atoms with Crippen LogP contribution in [0.2, 0.25) is 0 Å². The van der Waals surface area contributed by atoms with Crippen LogP contribution in [0.4, 0.5) is 5.69 Å². The summed E-state index contributed by atoms with van der Waals surface area (Å²) in [4.78, 5) is 31.6. The van der Waals surface area contributed by atoms with Crippen LogP contribution in [0.1, 0.15) is 43.9 Å². The number of nitrogens with one attached hydrogen (secondary N) is 1. The maximum Gasteiger partial charge on any atom is 0.242 e. The van der Waals surface area contributed by atoms with Gasteiger partial charge in [-0.1, -0.05) is 63.2 Å². The van der Waals surface area contributed by atoms with E-state index >= 15 is 0 Å². The summed E-state index contributed by atoms with van der Waals surface area (Å²) < 4.78 is 0. The summed E-state index contributed by atoms with van der Waals surface area (Å²) in [6.45, 7) is 12.0. The molecule has 0 aromatic heterocycles. The predicted octanol–water partition coefficient (Wildman–Crippen LogP) is 3.76. The van der Waals surface area contributed by atoms with Crippen molar-refractivity contribution < 1.29 is 9.59 Å². The highest BCUT2D eigenvalue weighted by Gasteiger charge is 2.22. The van der Waals surface area contributed by atoms with Crippen molar-refractivity contribution in [3.63, 3.8) is 0 Å². The average molecular weight is 451 g/mol. The lowest BCUT2D eigenvalue weighted by molar-refractivity contribution is -0.132. The Morgan fingerprint density at radius 1 is 0.970 bits per heavy atom. The van der Waals surface area contributed by atoms with E-state index in [2.05, 4.69) is 42.3 Å². The molecule has 2 aromatic carbocycles. The first-order chi connectivity index (χ1) is 16.0. The Balaban J connectivity index is 1.66. The number of hydrogen-bond donors (Lipinski definition) is 1. The van der Waals surface area contributed by atoms with Crippen molar-refractivity contribution in [1.29, 1.82) is 0 Å². The molecule has 0 spiro atoms. The maximum absolute atomic E-state index is 13.3. The first kappa shape index (κ1) is 24.8. The average Bonchev–Trinajstić information content (AvgIpc) is 2.86. The van der Waals surface area contributed by atoms with Crippen LogP contribution in [0.25, 0.3) is 0 Å². The fourth-order valence-electron chi connectivity index (χ4n) is 4.39. The van der Waals surface area contributed by atoms with E-state index in [0.717, 1.165) is 43.9 Å². The minimum absolute atomic E-state index is 0.0993. The Labute approximate surface area is 198 Å². The Kier molecular flexibility index (Phi) is 9.31. The predicted molar refractivity (Wildman–Crippen MR) is 134 cm³/mol. The first-order valence-corrected chi connectivity index (χ1v) is 12.2. The van der Waals surface area contributed by atoms with Crippen LogP contribution in [0, 0.1) is 0 Å². The van der Waals surface area contributed by atoms with Gasteiger partial charge in [-0.3, -0.25) is 9.59 Å². The lowest BCUT2D eigenvalue weighted by Gasteiger charge is -2.30. The molecule has 0 saturated heterocycles. The smallest absolute Gasteiger partial charge is 0.242 e. The van der Waals surface area contributed by atoms with Crippen molar-refractivity contribution >= 4 is 17.5 Å². The third-order valence-corrected chi connectivity index (χ3v) is 6.50. The van der Waals surface area contributed by atoms with E-state index in [4.69, 9.17) is 0 Å². The number of carbonyl (C=O) groups excluding carboxylic acids is 2. The molecule has 0 unspecified atom stereocenters. The highest BCUT2D eigenvalue weighted by Crippen LogP contribution is 2.26. The minimum Gasteiger partial charge on any atom is -0.376 e. The molecule has 178 valence electrons. The first-order valence-electron chi connectivity index (χ1n) is 12.2. The molecule has 0 saturated carbocycles. The number of fused-ring (bicyclic) bond motifs is 1. The molecule has 1 N–H and O–H groups in total. The largest absolute Gasteiger partial charge is 0.376 e. The Morgan fingerprint density at radius 2 is 1.73 bits per heavy atom. The molecule has 0 radical (unpaired) electrons. The van der Waals surface area contributed by atoms with Crippen LogP contribution < -0.4 is 5.32 Å². The van der Waals surface area contributed by atoms with E-state index in [1.54, 1.807) is 0 Å². The molecule has 0 atom stereocenters. The van der Waals surface area contributed by atoms with Gasteiger partial charge in [-0.05, 0) is 42.3 Å². The summed E-state index contributed by atoms with van der Waals surface area (Å²) in [5.74, 6) is 0.293. The summed E-state index contributed by atoms with van der Waals surface area (Å²) in [5, 5.41) is 3.40. The van der Waals surface area contributed by atoms with Gasteiger partial charge in [-0.15, -0.1) is 0 Å². The molecule has 1 aliphatic heterocycles. The second-order valence-corrected chi connectivity index (χ2v) is 8.54. The fraction of sp³-hybridized carbons (Fsp3) is 0.481. The quantitative estimate of drug-likeness (QED) is 0.566. The van der Waals surface area contributed by atoms with Gasteiger partial charge in [-0.2, -0.15) is 0 Å². The molecule has 6 nitrogen and oxygen atoms in total. The molecular formula is C27H38N4O2. The molecule has 2 amide bonds. The molecule has 0 bridgehead atoms. The van der Waals surface area contributed by atoms with Gasteiger partial charge < -0.3 is 20.0 Å². The van der Waals surface area contributed by atoms with Crippen molar-refractivity contribution in [3.05, 3.63) is 65.2 Å². The Hall–Kier alpha value is -2.86. The van der Waals surface area contributed by atoms with Crippen molar-refractivity contribution in [1.82, 2.24) is 14.7 Å². The van der Waals surface area contributed by atoms with E-state index in [-0.39, 0.29) is 18.4 Å².